The number of hydrogen-bond acceptors (Lipinski definition) is 5. The van der Waals surface area contributed by atoms with E-state index < -0.39 is 31.0 Å². The Hall–Kier alpha value is -0.560. The lowest BCUT2D eigenvalue weighted by Gasteiger charge is -2.12. The predicted molar refractivity (Wildman–Crippen MR) is 31.2 cm³/mol. The molecule has 4 N–H and O–H groups in total. The van der Waals surface area contributed by atoms with Gasteiger partial charge in [0.2, 0.25) is 6.36 Å². The Bertz CT molecular complexity index is 137. The summed E-state index contributed by atoms with van der Waals surface area (Å²) in [6, 6.07) is 0. The Kier molecular flexibility index (Phi) is 4.12. The minimum absolute atomic E-state index is 0.914. The fourth-order valence-electron chi connectivity index (χ4n) is 0.423. The molecule has 0 heterocycles. The van der Waals surface area contributed by atoms with Gasteiger partial charge in [-0.15, -0.1) is 0 Å². The van der Waals surface area contributed by atoms with Gasteiger partial charge in [0.1, 0.15) is 6.10 Å². The van der Waals surface area contributed by atoms with Crippen LogP contribution in [-0.2, 0) is 4.79 Å². The highest BCUT2D eigenvalue weighted by atomic mass is 19.1. The van der Waals surface area contributed by atoms with Gasteiger partial charge in [-0.2, -0.15) is 0 Å². The van der Waals surface area contributed by atoms with Crippen LogP contribution in [0.3, 0.4) is 0 Å². The SMILES string of the molecule is O=C([C@@H](O)CO)[C@H](O)C(O)F. The van der Waals surface area contributed by atoms with Crippen molar-refractivity contribution in [3.63, 3.8) is 0 Å². The summed E-state index contributed by atoms with van der Waals surface area (Å²) in [6.45, 7) is -0.914. The van der Waals surface area contributed by atoms with Gasteiger partial charge in [-0.1, -0.05) is 0 Å². The molecule has 0 aromatic carbocycles. The van der Waals surface area contributed by atoms with Crippen molar-refractivity contribution in [2.75, 3.05) is 6.61 Å². The molecule has 0 rings (SSSR count). The molecular formula is C5H9FO5. The Balaban J connectivity index is 4.02. The minimum atomic E-state index is -2.73. The van der Waals surface area contributed by atoms with Crippen molar-refractivity contribution in [1.82, 2.24) is 0 Å². The summed E-state index contributed by atoms with van der Waals surface area (Å²) in [5, 5.41) is 33.1. The number of carbonyl (C=O) groups excluding carboxylic acids is 1. The summed E-state index contributed by atoms with van der Waals surface area (Å²) in [4.78, 5) is 10.5. The van der Waals surface area contributed by atoms with Crippen molar-refractivity contribution in [3.05, 3.63) is 0 Å². The summed E-state index contributed by atoms with van der Waals surface area (Å²) >= 11 is 0. The molecule has 0 fully saturated rings. The maximum atomic E-state index is 11.7. The van der Waals surface area contributed by atoms with Crippen LogP contribution in [0.25, 0.3) is 0 Å². The first kappa shape index (κ1) is 10.4. The topological polar surface area (TPSA) is 98.0 Å². The van der Waals surface area contributed by atoms with Crippen molar-refractivity contribution in [3.8, 4) is 0 Å². The Morgan fingerprint density at radius 2 is 1.82 bits per heavy atom. The van der Waals surface area contributed by atoms with Crippen LogP contribution in [0.2, 0.25) is 0 Å². The number of rotatable bonds is 4. The van der Waals surface area contributed by atoms with Gasteiger partial charge in [-0.25, -0.2) is 4.39 Å². The van der Waals surface area contributed by atoms with Crippen molar-refractivity contribution < 1.29 is 29.6 Å². The maximum absolute atomic E-state index is 11.7. The molecule has 0 saturated heterocycles. The van der Waals surface area contributed by atoms with E-state index in [-0.39, 0.29) is 0 Å². The number of aliphatic hydroxyl groups excluding tert-OH is 4. The van der Waals surface area contributed by atoms with E-state index in [1.807, 2.05) is 0 Å². The van der Waals surface area contributed by atoms with Gasteiger partial charge in [-0.3, -0.25) is 4.79 Å². The summed E-state index contributed by atoms with van der Waals surface area (Å²) in [5.41, 5.74) is 0. The number of halogens is 1. The van der Waals surface area contributed by atoms with Crippen LogP contribution >= 0.6 is 0 Å². The van der Waals surface area contributed by atoms with Crippen LogP contribution in [0.15, 0.2) is 0 Å². The summed E-state index contributed by atoms with van der Waals surface area (Å²) < 4.78 is 11.7. The number of hydrogen-bond donors (Lipinski definition) is 4. The highest BCUT2D eigenvalue weighted by Gasteiger charge is 2.28. The molecule has 0 spiro atoms. The normalized spacial score (nSPS) is 19.0. The number of alkyl halides is 1. The molecule has 11 heavy (non-hydrogen) atoms. The van der Waals surface area contributed by atoms with E-state index in [1.54, 1.807) is 0 Å². The van der Waals surface area contributed by atoms with Crippen LogP contribution in [-0.4, -0.2) is 51.4 Å². The molecule has 66 valence electrons. The monoisotopic (exact) mass is 168 g/mol. The van der Waals surface area contributed by atoms with Crippen molar-refractivity contribution in [2.45, 2.75) is 18.6 Å². The molecule has 5 nitrogen and oxygen atoms in total. The lowest BCUT2D eigenvalue weighted by atomic mass is 10.1. The smallest absolute Gasteiger partial charge is 0.229 e. The number of Topliss-reactive ketones (excluding diaryl/α,β-unsaturated/α-hetero) is 1. The summed E-state index contributed by atoms with van der Waals surface area (Å²) in [5.74, 6) is -1.34. The molecule has 0 radical (unpaired) electrons. The van der Waals surface area contributed by atoms with Crippen LogP contribution in [0, 0.1) is 0 Å². The van der Waals surface area contributed by atoms with E-state index in [1.165, 1.54) is 0 Å². The Morgan fingerprint density at radius 1 is 1.36 bits per heavy atom. The molecule has 0 aliphatic carbocycles. The number of carbonyl (C=O) groups is 1. The molecule has 6 heteroatoms. The maximum Gasteiger partial charge on any atom is 0.229 e. The molecule has 0 aromatic heterocycles. The second-order valence-electron chi connectivity index (χ2n) is 1.92. The lowest BCUT2D eigenvalue weighted by molar-refractivity contribution is -0.151. The zero-order valence-corrected chi connectivity index (χ0v) is 5.51. The molecule has 1 unspecified atom stereocenters. The highest BCUT2D eigenvalue weighted by Crippen LogP contribution is 1.99. The number of ketones is 1. The molecular weight excluding hydrogens is 159 g/mol. The van der Waals surface area contributed by atoms with Crippen LogP contribution < -0.4 is 0 Å². The third-order valence-electron chi connectivity index (χ3n) is 1.05. The van der Waals surface area contributed by atoms with Gasteiger partial charge in [0.05, 0.1) is 6.61 Å². The molecule has 0 aliphatic heterocycles. The lowest BCUT2D eigenvalue weighted by Crippen LogP contribution is -2.40. The molecule has 3 atom stereocenters. The van der Waals surface area contributed by atoms with Crippen molar-refractivity contribution >= 4 is 5.78 Å². The molecule has 0 amide bonds. The van der Waals surface area contributed by atoms with Gasteiger partial charge < -0.3 is 20.4 Å². The molecule has 0 saturated carbocycles. The first-order valence-corrected chi connectivity index (χ1v) is 2.83. The van der Waals surface area contributed by atoms with Gasteiger partial charge in [0, 0.05) is 0 Å². The average molecular weight is 168 g/mol. The fourth-order valence-corrected chi connectivity index (χ4v) is 0.423. The molecule has 0 aliphatic rings. The first-order chi connectivity index (χ1) is 5.00. The van der Waals surface area contributed by atoms with E-state index >= 15 is 0 Å². The van der Waals surface area contributed by atoms with E-state index in [2.05, 4.69) is 0 Å². The Morgan fingerprint density at radius 3 is 2.09 bits per heavy atom. The van der Waals surface area contributed by atoms with Gasteiger partial charge in [-0.05, 0) is 0 Å². The standard InChI is InChI=1S/C5H9FO5/c6-5(11)4(10)3(9)2(8)1-7/h2,4-5,7-8,10-11H,1H2/t2-,4-,5?/m0/s1. The van der Waals surface area contributed by atoms with Crippen LogP contribution in [0.1, 0.15) is 0 Å². The zero-order valence-electron chi connectivity index (χ0n) is 5.51. The summed E-state index contributed by atoms with van der Waals surface area (Å²) in [7, 11) is 0. The van der Waals surface area contributed by atoms with Crippen LogP contribution in [0.5, 0.6) is 0 Å². The minimum Gasteiger partial charge on any atom is -0.393 e. The fraction of sp³-hybridized carbons (Fsp3) is 0.800. The van der Waals surface area contributed by atoms with E-state index in [4.69, 9.17) is 20.4 Å². The summed E-state index contributed by atoms with van der Waals surface area (Å²) in [6.07, 6.45) is -6.88. The first-order valence-electron chi connectivity index (χ1n) is 2.83. The van der Waals surface area contributed by atoms with Crippen molar-refractivity contribution in [1.29, 1.82) is 0 Å². The van der Waals surface area contributed by atoms with E-state index in [0.717, 1.165) is 0 Å². The van der Waals surface area contributed by atoms with Crippen molar-refractivity contribution in [2.24, 2.45) is 0 Å². The third kappa shape index (κ3) is 2.89. The molecule has 0 aromatic rings. The van der Waals surface area contributed by atoms with Gasteiger partial charge >= 0.3 is 0 Å². The third-order valence-corrected chi connectivity index (χ3v) is 1.05. The zero-order chi connectivity index (χ0) is 9.02. The quantitative estimate of drug-likeness (QED) is 0.374. The predicted octanol–water partition coefficient (Wildman–Crippen LogP) is -2.44. The average Bonchev–Trinajstić information content (AvgIpc) is 2.00. The van der Waals surface area contributed by atoms with Crippen LogP contribution in [0.4, 0.5) is 4.39 Å². The van der Waals surface area contributed by atoms with E-state index in [0.29, 0.717) is 0 Å². The largest absolute Gasteiger partial charge is 0.393 e. The van der Waals surface area contributed by atoms with Gasteiger partial charge in [0.25, 0.3) is 0 Å². The highest BCUT2D eigenvalue weighted by molar-refractivity contribution is 5.87. The second kappa shape index (κ2) is 4.35. The second-order valence-corrected chi connectivity index (χ2v) is 1.92. The number of aliphatic hydroxyl groups is 4. The molecule has 0 bridgehead atoms. The Labute approximate surface area is 61.7 Å². The van der Waals surface area contributed by atoms with E-state index in [9.17, 15) is 9.18 Å². The van der Waals surface area contributed by atoms with Gasteiger partial charge in [0.15, 0.2) is 11.9 Å².